The van der Waals surface area contributed by atoms with Gasteiger partial charge in [0.15, 0.2) is 0 Å². The molecule has 0 heterocycles. The first-order chi connectivity index (χ1) is 12.6. The fourth-order valence-electron chi connectivity index (χ4n) is 3.68. The lowest BCUT2D eigenvalue weighted by Crippen LogP contribution is -2.18. The van der Waals surface area contributed by atoms with Gasteiger partial charge in [0.05, 0.1) is 9.52 Å². The number of rotatable bonds is 10. The molecule has 0 unspecified atom stereocenters. The van der Waals surface area contributed by atoms with Crippen molar-refractivity contribution >= 4 is 14.7 Å². The maximum Gasteiger partial charge on any atom is 0.119 e. The van der Waals surface area contributed by atoms with Gasteiger partial charge in [-0.2, -0.15) is 0 Å². The predicted octanol–water partition coefficient (Wildman–Crippen LogP) is 5.15. The largest absolute Gasteiger partial charge is 0.508 e. The van der Waals surface area contributed by atoms with E-state index in [1.165, 1.54) is 47.6 Å². The number of phenolic OH excluding ortho intramolecular Hbond substituents is 1. The summed E-state index contributed by atoms with van der Waals surface area (Å²) in [7, 11) is -0.241. The molecule has 142 valence electrons. The molecule has 2 aromatic carbocycles. The standard InChI is InChI=1S/C24H36OSi/c1-5-7-11-20-17-23(25)22(12-8-6-2)16-21(20)14-15-26-24-13-9-10-18(3)19(24)4/h9-10,13,16-17,25H,5-8,11-12,14-15,26H2,1-4H3. The van der Waals surface area contributed by atoms with Crippen molar-refractivity contribution in [2.75, 3.05) is 0 Å². The summed E-state index contributed by atoms with van der Waals surface area (Å²) in [6, 6.07) is 12.4. The normalized spacial score (nSPS) is 11.5. The number of hydrogen-bond donors (Lipinski definition) is 1. The van der Waals surface area contributed by atoms with Gasteiger partial charge in [-0.3, -0.25) is 0 Å². The number of unbranched alkanes of at least 4 members (excludes halogenated alkanes) is 2. The molecule has 0 saturated heterocycles. The number of phenols is 1. The summed E-state index contributed by atoms with van der Waals surface area (Å²) in [5.74, 6) is 0.514. The van der Waals surface area contributed by atoms with E-state index in [9.17, 15) is 5.11 Å². The van der Waals surface area contributed by atoms with Gasteiger partial charge >= 0.3 is 0 Å². The molecule has 0 amide bonds. The maximum absolute atomic E-state index is 10.4. The molecule has 0 radical (unpaired) electrons. The van der Waals surface area contributed by atoms with E-state index in [0.29, 0.717) is 5.75 Å². The van der Waals surface area contributed by atoms with E-state index in [-0.39, 0.29) is 9.52 Å². The molecular weight excluding hydrogens is 332 g/mol. The predicted molar refractivity (Wildman–Crippen MR) is 118 cm³/mol. The van der Waals surface area contributed by atoms with Crippen LogP contribution in [0.15, 0.2) is 30.3 Å². The Kier molecular flexibility index (Phi) is 8.44. The lowest BCUT2D eigenvalue weighted by molar-refractivity contribution is 0.465. The zero-order valence-corrected chi connectivity index (χ0v) is 18.6. The lowest BCUT2D eigenvalue weighted by Gasteiger charge is -2.14. The van der Waals surface area contributed by atoms with Gasteiger partial charge in [0.1, 0.15) is 5.75 Å². The van der Waals surface area contributed by atoms with Crippen molar-refractivity contribution in [2.24, 2.45) is 0 Å². The van der Waals surface area contributed by atoms with Crippen LogP contribution in [0.5, 0.6) is 5.75 Å². The molecule has 2 rings (SSSR count). The van der Waals surface area contributed by atoms with E-state index in [1.54, 1.807) is 5.19 Å². The topological polar surface area (TPSA) is 20.2 Å². The SMILES string of the molecule is CCCCc1cc(CC[SiH2]c2cccc(C)c2C)c(CCCC)cc1O. The third kappa shape index (κ3) is 5.74. The van der Waals surface area contributed by atoms with Crippen molar-refractivity contribution in [1.82, 2.24) is 0 Å². The first-order valence-electron chi connectivity index (χ1n) is 10.5. The van der Waals surface area contributed by atoms with E-state index < -0.39 is 0 Å². The Balaban J connectivity index is 2.12. The van der Waals surface area contributed by atoms with Gasteiger partial charge < -0.3 is 5.11 Å². The first kappa shape index (κ1) is 20.8. The van der Waals surface area contributed by atoms with Crippen molar-refractivity contribution in [3.05, 3.63) is 58.1 Å². The molecule has 0 aromatic heterocycles. The van der Waals surface area contributed by atoms with Crippen molar-refractivity contribution < 1.29 is 5.11 Å². The highest BCUT2D eigenvalue weighted by molar-refractivity contribution is 6.54. The highest BCUT2D eigenvalue weighted by atomic mass is 28.2. The average Bonchev–Trinajstić information content (AvgIpc) is 2.63. The third-order valence-electron chi connectivity index (χ3n) is 5.61. The van der Waals surface area contributed by atoms with Crippen LogP contribution in [0.25, 0.3) is 0 Å². The van der Waals surface area contributed by atoms with Crippen LogP contribution in [0.1, 0.15) is 67.3 Å². The molecule has 0 aliphatic carbocycles. The van der Waals surface area contributed by atoms with Gasteiger partial charge in [0.2, 0.25) is 0 Å². The van der Waals surface area contributed by atoms with Gasteiger partial charge in [-0.15, -0.1) is 0 Å². The van der Waals surface area contributed by atoms with Gasteiger partial charge in [-0.1, -0.05) is 62.2 Å². The zero-order chi connectivity index (χ0) is 18.9. The van der Waals surface area contributed by atoms with Crippen LogP contribution < -0.4 is 5.19 Å². The van der Waals surface area contributed by atoms with E-state index >= 15 is 0 Å². The van der Waals surface area contributed by atoms with E-state index in [0.717, 1.165) is 31.2 Å². The van der Waals surface area contributed by atoms with E-state index in [2.05, 4.69) is 58.0 Å². The van der Waals surface area contributed by atoms with Gasteiger partial charge in [0, 0.05) is 0 Å². The van der Waals surface area contributed by atoms with E-state index in [1.807, 2.05) is 0 Å². The quantitative estimate of drug-likeness (QED) is 0.575. The fraction of sp³-hybridized carbons (Fsp3) is 0.500. The first-order valence-corrected chi connectivity index (χ1v) is 12.2. The summed E-state index contributed by atoms with van der Waals surface area (Å²) in [6.45, 7) is 8.94. The molecule has 26 heavy (non-hydrogen) atoms. The minimum atomic E-state index is -0.241. The smallest absolute Gasteiger partial charge is 0.119 e. The molecule has 2 heteroatoms. The zero-order valence-electron chi connectivity index (χ0n) is 17.2. The van der Waals surface area contributed by atoms with Crippen molar-refractivity contribution in [2.45, 2.75) is 78.7 Å². The fourth-order valence-corrected chi connectivity index (χ4v) is 5.57. The second-order valence-electron chi connectivity index (χ2n) is 7.67. The van der Waals surface area contributed by atoms with Crippen LogP contribution in [0.4, 0.5) is 0 Å². The molecular formula is C24H36OSi. The number of aromatic hydroxyl groups is 1. The van der Waals surface area contributed by atoms with Crippen LogP contribution in [0.2, 0.25) is 6.04 Å². The average molecular weight is 369 g/mol. The Morgan fingerprint density at radius 2 is 1.50 bits per heavy atom. The highest BCUT2D eigenvalue weighted by Gasteiger charge is 2.10. The molecule has 1 nitrogen and oxygen atoms in total. The highest BCUT2D eigenvalue weighted by Crippen LogP contribution is 2.26. The van der Waals surface area contributed by atoms with Crippen molar-refractivity contribution in [3.63, 3.8) is 0 Å². The summed E-state index contributed by atoms with van der Waals surface area (Å²) >= 11 is 0. The second kappa shape index (κ2) is 10.6. The molecule has 0 bridgehead atoms. The Bertz CT molecular complexity index is 706. The summed E-state index contributed by atoms with van der Waals surface area (Å²) < 4.78 is 0. The van der Waals surface area contributed by atoms with Crippen LogP contribution in [-0.2, 0) is 19.3 Å². The molecule has 0 saturated carbocycles. The van der Waals surface area contributed by atoms with Crippen molar-refractivity contribution in [1.29, 1.82) is 0 Å². The Morgan fingerprint density at radius 3 is 2.19 bits per heavy atom. The van der Waals surface area contributed by atoms with Crippen LogP contribution in [0.3, 0.4) is 0 Å². The monoisotopic (exact) mass is 368 g/mol. The molecule has 0 aliphatic rings. The molecule has 0 atom stereocenters. The van der Waals surface area contributed by atoms with Crippen LogP contribution in [0, 0.1) is 13.8 Å². The molecule has 0 aliphatic heterocycles. The molecule has 0 spiro atoms. The Hall–Kier alpha value is -1.54. The lowest BCUT2D eigenvalue weighted by atomic mass is 9.95. The van der Waals surface area contributed by atoms with Crippen molar-refractivity contribution in [3.8, 4) is 5.75 Å². The second-order valence-corrected chi connectivity index (χ2v) is 9.64. The number of aryl methyl sites for hydroxylation is 4. The minimum absolute atomic E-state index is 0.241. The van der Waals surface area contributed by atoms with Gasteiger partial charge in [0.25, 0.3) is 0 Å². The van der Waals surface area contributed by atoms with E-state index in [4.69, 9.17) is 0 Å². The van der Waals surface area contributed by atoms with Crippen LogP contribution in [-0.4, -0.2) is 14.6 Å². The van der Waals surface area contributed by atoms with Gasteiger partial charge in [-0.25, -0.2) is 0 Å². The third-order valence-corrected chi connectivity index (χ3v) is 7.62. The van der Waals surface area contributed by atoms with Crippen LogP contribution >= 0.6 is 0 Å². The molecule has 2 aromatic rings. The summed E-state index contributed by atoms with van der Waals surface area (Å²) in [5.41, 5.74) is 6.93. The molecule has 1 N–H and O–H groups in total. The maximum atomic E-state index is 10.4. The Morgan fingerprint density at radius 1 is 0.846 bits per heavy atom. The summed E-state index contributed by atoms with van der Waals surface area (Å²) in [6.07, 6.45) is 7.99. The molecule has 0 fully saturated rings. The summed E-state index contributed by atoms with van der Waals surface area (Å²) in [5, 5.41) is 12.0. The summed E-state index contributed by atoms with van der Waals surface area (Å²) in [4.78, 5) is 0. The minimum Gasteiger partial charge on any atom is -0.508 e. The number of benzene rings is 2. The van der Waals surface area contributed by atoms with Gasteiger partial charge in [-0.05, 0) is 79.8 Å². The number of hydrogen-bond acceptors (Lipinski definition) is 1. The Labute approximate surface area is 162 Å².